The number of methoxy groups -OCH3 is 1. The maximum Gasteiger partial charge on any atom is 0.338 e. The van der Waals surface area contributed by atoms with E-state index in [0.717, 1.165) is 0 Å². The molecular weight excluding hydrogens is 520 g/mol. The molecular formula is C29H24N2O7S. The first-order valence-corrected chi connectivity index (χ1v) is 12.9. The molecule has 0 spiro atoms. The van der Waals surface area contributed by atoms with E-state index in [4.69, 9.17) is 13.9 Å². The molecule has 9 nitrogen and oxygen atoms in total. The quantitative estimate of drug-likeness (QED) is 0.352. The van der Waals surface area contributed by atoms with Crippen LogP contribution in [0.4, 0.5) is 0 Å². The number of hydrogen-bond acceptors (Lipinski definition) is 8. The van der Waals surface area contributed by atoms with Crippen LogP contribution in [-0.2, 0) is 9.53 Å². The van der Waals surface area contributed by atoms with E-state index in [-0.39, 0.29) is 23.3 Å². The lowest BCUT2D eigenvalue weighted by Crippen LogP contribution is -2.39. The summed E-state index contributed by atoms with van der Waals surface area (Å²) in [5.74, 6) is -0.228. The first-order chi connectivity index (χ1) is 18.8. The van der Waals surface area contributed by atoms with Crippen molar-refractivity contribution in [2.75, 3.05) is 13.7 Å². The Kier molecular flexibility index (Phi) is 7.03. The number of thiazole rings is 1. The molecule has 1 atom stereocenters. The highest BCUT2D eigenvalue weighted by Gasteiger charge is 2.33. The predicted molar refractivity (Wildman–Crippen MR) is 144 cm³/mol. The van der Waals surface area contributed by atoms with Crippen molar-refractivity contribution in [3.8, 4) is 17.1 Å². The number of furan rings is 1. The molecule has 1 aliphatic rings. The van der Waals surface area contributed by atoms with E-state index in [1.807, 2.05) is 0 Å². The van der Waals surface area contributed by atoms with Crippen molar-refractivity contribution >= 4 is 29.4 Å². The van der Waals surface area contributed by atoms with Crippen molar-refractivity contribution in [2.24, 2.45) is 4.99 Å². The van der Waals surface area contributed by atoms with Gasteiger partial charge in [0.05, 0.1) is 41.1 Å². The number of rotatable bonds is 7. The van der Waals surface area contributed by atoms with E-state index in [9.17, 15) is 19.5 Å². The number of allylic oxidation sites excluding steroid dienone is 1. The minimum Gasteiger partial charge on any atom is -0.497 e. The highest BCUT2D eigenvalue weighted by atomic mass is 32.1. The molecule has 0 amide bonds. The molecule has 0 saturated heterocycles. The molecule has 1 N–H and O–H groups in total. The largest absolute Gasteiger partial charge is 0.497 e. The van der Waals surface area contributed by atoms with Crippen molar-refractivity contribution in [3.63, 3.8) is 0 Å². The minimum atomic E-state index is -1.07. The van der Waals surface area contributed by atoms with E-state index >= 15 is 0 Å². The van der Waals surface area contributed by atoms with Crippen molar-refractivity contribution in [2.45, 2.75) is 19.9 Å². The van der Waals surface area contributed by atoms with Gasteiger partial charge in [0.25, 0.3) is 5.56 Å². The molecule has 10 heteroatoms. The Morgan fingerprint density at radius 2 is 1.87 bits per heavy atom. The lowest BCUT2D eigenvalue weighted by Gasteiger charge is -2.24. The van der Waals surface area contributed by atoms with E-state index < -0.39 is 18.0 Å². The normalized spacial score (nSPS) is 15.1. The summed E-state index contributed by atoms with van der Waals surface area (Å²) in [4.78, 5) is 43.4. The number of aromatic nitrogens is 1. The van der Waals surface area contributed by atoms with Crippen LogP contribution in [0.3, 0.4) is 0 Å². The summed E-state index contributed by atoms with van der Waals surface area (Å²) in [6.45, 7) is 3.62. The second kappa shape index (κ2) is 10.6. The zero-order valence-electron chi connectivity index (χ0n) is 21.3. The van der Waals surface area contributed by atoms with Gasteiger partial charge in [-0.25, -0.2) is 14.6 Å². The third-order valence-electron chi connectivity index (χ3n) is 6.27. The molecule has 4 aromatic rings. The van der Waals surface area contributed by atoms with E-state index in [1.54, 1.807) is 81.6 Å². The molecule has 1 aliphatic heterocycles. The number of hydrogen-bond donors (Lipinski definition) is 1. The van der Waals surface area contributed by atoms with Crippen LogP contribution in [-0.4, -0.2) is 35.3 Å². The van der Waals surface area contributed by atoms with Crippen molar-refractivity contribution in [1.29, 1.82) is 0 Å². The fraction of sp³-hybridized carbons (Fsp3) is 0.172. The Morgan fingerprint density at radius 3 is 2.56 bits per heavy atom. The van der Waals surface area contributed by atoms with Crippen LogP contribution in [0.25, 0.3) is 17.4 Å². The maximum atomic E-state index is 13.7. The van der Waals surface area contributed by atoms with Gasteiger partial charge in [0.15, 0.2) is 4.80 Å². The summed E-state index contributed by atoms with van der Waals surface area (Å²) in [6, 6.07) is 16.3. The maximum absolute atomic E-state index is 13.7. The molecule has 2 aromatic carbocycles. The van der Waals surface area contributed by atoms with Crippen LogP contribution in [0.5, 0.6) is 5.75 Å². The van der Waals surface area contributed by atoms with Gasteiger partial charge in [-0.3, -0.25) is 9.36 Å². The zero-order chi connectivity index (χ0) is 27.7. The Bertz CT molecular complexity index is 1790. The first-order valence-electron chi connectivity index (χ1n) is 12.1. The average Bonchev–Trinajstić information content (AvgIpc) is 3.52. The van der Waals surface area contributed by atoms with Crippen LogP contribution in [0, 0.1) is 0 Å². The van der Waals surface area contributed by atoms with Crippen LogP contribution < -0.4 is 19.6 Å². The monoisotopic (exact) mass is 544 g/mol. The number of carbonyl (C=O) groups excluding carboxylic acids is 1. The number of benzene rings is 2. The second-order valence-electron chi connectivity index (χ2n) is 8.63. The number of carbonyl (C=O) groups is 2. The smallest absolute Gasteiger partial charge is 0.338 e. The van der Waals surface area contributed by atoms with Crippen molar-refractivity contribution in [3.05, 3.63) is 109 Å². The molecule has 0 fully saturated rings. The van der Waals surface area contributed by atoms with Gasteiger partial charge >= 0.3 is 11.9 Å². The fourth-order valence-corrected chi connectivity index (χ4v) is 5.51. The standard InChI is InChI=1S/C29H24N2O7S/c1-4-37-28(35)24-16(2)30-29-31(25(24)17-9-11-18(36-3)12-10-17)26(32)23(39-29)15-19-13-14-22(38-19)20-7-5-6-8-21(20)27(33)34/h5-15,25H,4H2,1-3H3,(H,33,34)/b23-15-/t25-/m1/s1. The summed E-state index contributed by atoms with van der Waals surface area (Å²) >= 11 is 1.17. The predicted octanol–water partition coefficient (Wildman–Crippen LogP) is 3.77. The number of esters is 1. The summed E-state index contributed by atoms with van der Waals surface area (Å²) in [7, 11) is 1.56. The lowest BCUT2D eigenvalue weighted by atomic mass is 9.96. The van der Waals surface area contributed by atoms with Gasteiger partial charge in [0, 0.05) is 11.6 Å². The molecule has 2 aromatic heterocycles. The molecule has 198 valence electrons. The molecule has 0 saturated carbocycles. The van der Waals surface area contributed by atoms with Gasteiger partial charge in [-0.15, -0.1) is 0 Å². The zero-order valence-corrected chi connectivity index (χ0v) is 22.2. The molecule has 39 heavy (non-hydrogen) atoms. The van der Waals surface area contributed by atoms with Crippen molar-refractivity contribution in [1.82, 2.24) is 4.57 Å². The topological polar surface area (TPSA) is 120 Å². The molecule has 0 radical (unpaired) electrons. The SMILES string of the molecule is CCOC(=O)C1=C(C)N=c2s/c(=C\c3ccc(-c4ccccc4C(=O)O)o3)c(=O)n2[C@@H]1c1ccc(OC)cc1. The highest BCUT2D eigenvalue weighted by molar-refractivity contribution is 7.07. The Balaban J connectivity index is 1.63. The third kappa shape index (κ3) is 4.82. The minimum absolute atomic E-state index is 0.110. The number of fused-ring (bicyclic) bond motifs is 1. The first kappa shape index (κ1) is 25.9. The summed E-state index contributed by atoms with van der Waals surface area (Å²) in [5, 5.41) is 9.52. The van der Waals surface area contributed by atoms with Gasteiger partial charge < -0.3 is 19.0 Å². The molecule has 0 unspecified atom stereocenters. The summed E-state index contributed by atoms with van der Waals surface area (Å²) in [5.41, 5.74) is 1.64. The van der Waals surface area contributed by atoms with Gasteiger partial charge in [-0.1, -0.05) is 41.7 Å². The van der Waals surface area contributed by atoms with E-state index in [1.165, 1.54) is 22.0 Å². The lowest BCUT2D eigenvalue weighted by molar-refractivity contribution is -0.139. The van der Waals surface area contributed by atoms with Crippen LogP contribution >= 0.6 is 11.3 Å². The number of nitrogens with zero attached hydrogens (tertiary/aromatic N) is 2. The number of aromatic carboxylic acids is 1. The third-order valence-corrected chi connectivity index (χ3v) is 7.25. The van der Waals surface area contributed by atoms with Crippen LogP contribution in [0.15, 0.2) is 86.1 Å². The number of carboxylic acid groups (broad SMARTS) is 1. The molecule has 0 aliphatic carbocycles. The second-order valence-corrected chi connectivity index (χ2v) is 9.64. The van der Waals surface area contributed by atoms with Crippen molar-refractivity contribution < 1.29 is 28.6 Å². The summed E-state index contributed by atoms with van der Waals surface area (Å²) in [6.07, 6.45) is 1.59. The van der Waals surface area contributed by atoms with Gasteiger partial charge in [0.2, 0.25) is 0 Å². The summed E-state index contributed by atoms with van der Waals surface area (Å²) < 4.78 is 18.3. The molecule has 0 bridgehead atoms. The molecule has 3 heterocycles. The Morgan fingerprint density at radius 1 is 1.13 bits per heavy atom. The van der Waals surface area contributed by atoms with Gasteiger partial charge in [0.1, 0.15) is 17.3 Å². The van der Waals surface area contributed by atoms with Gasteiger partial charge in [-0.2, -0.15) is 0 Å². The van der Waals surface area contributed by atoms with Crippen LogP contribution in [0.2, 0.25) is 0 Å². The Hall–Kier alpha value is -4.70. The number of ether oxygens (including phenoxy) is 2. The average molecular weight is 545 g/mol. The van der Waals surface area contributed by atoms with Gasteiger partial charge in [-0.05, 0) is 49.7 Å². The Labute approximate surface area is 226 Å². The molecule has 5 rings (SSSR count). The fourth-order valence-electron chi connectivity index (χ4n) is 4.48. The van der Waals surface area contributed by atoms with E-state index in [0.29, 0.717) is 43.4 Å². The van der Waals surface area contributed by atoms with E-state index in [2.05, 4.69) is 4.99 Å². The van der Waals surface area contributed by atoms with Crippen LogP contribution in [0.1, 0.15) is 41.6 Å². The highest BCUT2D eigenvalue weighted by Crippen LogP contribution is 2.32. The number of carboxylic acids is 1.